The fraction of sp³-hybridized carbons (Fsp3) is 0.0769. The molecule has 0 bridgehead atoms. The number of nitrogen functional groups attached to an aromatic ring is 1. The second kappa shape index (κ2) is 4.45. The van der Waals surface area contributed by atoms with E-state index < -0.39 is 0 Å². The number of benzene rings is 2. The average molecular weight is 233 g/mol. The van der Waals surface area contributed by atoms with E-state index in [2.05, 4.69) is 0 Å². The van der Waals surface area contributed by atoms with Gasteiger partial charge in [0, 0.05) is 17.8 Å². The van der Waals surface area contributed by atoms with E-state index >= 15 is 0 Å². The third-order valence-corrected chi connectivity index (χ3v) is 2.73. The SMILES string of the molecule is CN(c1ccccc1)c1ccc(Cl)cc1N. The number of halogens is 1. The van der Waals surface area contributed by atoms with Crippen molar-refractivity contribution in [1.29, 1.82) is 0 Å². The molecule has 16 heavy (non-hydrogen) atoms. The third-order valence-electron chi connectivity index (χ3n) is 2.49. The van der Waals surface area contributed by atoms with Crippen LogP contribution < -0.4 is 10.6 Å². The van der Waals surface area contributed by atoms with Gasteiger partial charge < -0.3 is 10.6 Å². The van der Waals surface area contributed by atoms with Crippen LogP contribution in [0.15, 0.2) is 48.5 Å². The van der Waals surface area contributed by atoms with Gasteiger partial charge in [0.2, 0.25) is 0 Å². The lowest BCUT2D eigenvalue weighted by Crippen LogP contribution is -2.11. The molecule has 0 saturated heterocycles. The molecule has 82 valence electrons. The van der Waals surface area contributed by atoms with E-state index in [-0.39, 0.29) is 0 Å². The molecule has 0 saturated carbocycles. The zero-order valence-electron chi connectivity index (χ0n) is 9.02. The molecule has 0 aliphatic rings. The van der Waals surface area contributed by atoms with Crippen molar-refractivity contribution >= 4 is 28.7 Å². The number of para-hydroxylation sites is 1. The van der Waals surface area contributed by atoms with Crippen LogP contribution in [0.2, 0.25) is 5.02 Å². The summed E-state index contributed by atoms with van der Waals surface area (Å²) in [6, 6.07) is 15.6. The maximum absolute atomic E-state index is 5.93. The average Bonchev–Trinajstić information content (AvgIpc) is 2.29. The summed E-state index contributed by atoms with van der Waals surface area (Å²) in [6.45, 7) is 0. The van der Waals surface area contributed by atoms with Gasteiger partial charge in [-0.05, 0) is 30.3 Å². The normalized spacial score (nSPS) is 10.1. The molecular weight excluding hydrogens is 220 g/mol. The Labute approximate surface area is 100 Å². The van der Waals surface area contributed by atoms with Crippen LogP contribution >= 0.6 is 11.6 Å². The third kappa shape index (κ3) is 2.12. The van der Waals surface area contributed by atoms with Gasteiger partial charge in [-0.15, -0.1) is 0 Å². The van der Waals surface area contributed by atoms with Gasteiger partial charge >= 0.3 is 0 Å². The monoisotopic (exact) mass is 232 g/mol. The van der Waals surface area contributed by atoms with Crippen LogP contribution in [0.25, 0.3) is 0 Å². The van der Waals surface area contributed by atoms with Crippen molar-refractivity contribution in [3.63, 3.8) is 0 Å². The molecule has 2 nitrogen and oxygen atoms in total. The van der Waals surface area contributed by atoms with Crippen molar-refractivity contribution in [3.05, 3.63) is 53.6 Å². The molecule has 0 atom stereocenters. The molecule has 0 aliphatic heterocycles. The first-order valence-corrected chi connectivity index (χ1v) is 5.40. The molecule has 2 aromatic carbocycles. The van der Waals surface area contributed by atoms with E-state index in [4.69, 9.17) is 17.3 Å². The molecule has 0 aliphatic carbocycles. The Morgan fingerprint density at radius 2 is 1.75 bits per heavy atom. The molecule has 0 radical (unpaired) electrons. The van der Waals surface area contributed by atoms with E-state index in [0.717, 1.165) is 11.4 Å². The molecule has 2 N–H and O–H groups in total. The summed E-state index contributed by atoms with van der Waals surface area (Å²) in [5.74, 6) is 0. The van der Waals surface area contributed by atoms with Crippen molar-refractivity contribution in [1.82, 2.24) is 0 Å². The molecule has 0 aromatic heterocycles. The molecule has 0 unspecified atom stereocenters. The first-order valence-electron chi connectivity index (χ1n) is 5.02. The Balaban J connectivity index is 2.38. The van der Waals surface area contributed by atoms with Crippen LogP contribution in [0.3, 0.4) is 0 Å². The minimum atomic E-state index is 0.655. The van der Waals surface area contributed by atoms with Crippen molar-refractivity contribution in [2.45, 2.75) is 0 Å². The highest BCUT2D eigenvalue weighted by molar-refractivity contribution is 6.31. The molecule has 2 aromatic rings. The number of nitrogens with two attached hydrogens (primary N) is 1. The zero-order chi connectivity index (χ0) is 11.5. The minimum Gasteiger partial charge on any atom is -0.397 e. The van der Waals surface area contributed by atoms with Crippen LogP contribution in [0, 0.1) is 0 Å². The fourth-order valence-corrected chi connectivity index (χ4v) is 1.80. The molecular formula is C13H13ClN2. The van der Waals surface area contributed by atoms with Crippen molar-refractivity contribution in [2.24, 2.45) is 0 Å². The summed E-state index contributed by atoms with van der Waals surface area (Å²) in [5.41, 5.74) is 8.66. The number of hydrogen-bond acceptors (Lipinski definition) is 2. The Morgan fingerprint density at radius 3 is 2.38 bits per heavy atom. The number of anilines is 3. The Morgan fingerprint density at radius 1 is 1.06 bits per heavy atom. The maximum Gasteiger partial charge on any atom is 0.0642 e. The Kier molecular flexibility index (Phi) is 3.02. The zero-order valence-corrected chi connectivity index (χ0v) is 9.78. The molecule has 2 rings (SSSR count). The fourth-order valence-electron chi connectivity index (χ4n) is 1.62. The van der Waals surface area contributed by atoms with Crippen LogP contribution in [0.5, 0.6) is 0 Å². The molecule has 0 heterocycles. The number of nitrogens with zero attached hydrogens (tertiary/aromatic N) is 1. The molecule has 0 spiro atoms. The van der Waals surface area contributed by atoms with Crippen molar-refractivity contribution in [3.8, 4) is 0 Å². The van der Waals surface area contributed by atoms with Crippen LogP contribution in [0.1, 0.15) is 0 Å². The Bertz CT molecular complexity index is 483. The first-order chi connectivity index (χ1) is 7.68. The minimum absolute atomic E-state index is 0.655. The van der Waals surface area contributed by atoms with Gasteiger partial charge in [0.1, 0.15) is 0 Å². The summed E-state index contributed by atoms with van der Waals surface area (Å²) in [5, 5.41) is 0.655. The lowest BCUT2D eigenvalue weighted by atomic mass is 10.2. The second-order valence-corrected chi connectivity index (χ2v) is 4.03. The van der Waals surface area contributed by atoms with Gasteiger partial charge in [0.05, 0.1) is 11.4 Å². The topological polar surface area (TPSA) is 29.3 Å². The summed E-state index contributed by atoms with van der Waals surface area (Å²) in [6.07, 6.45) is 0. The summed E-state index contributed by atoms with van der Waals surface area (Å²) >= 11 is 5.87. The van der Waals surface area contributed by atoms with Gasteiger partial charge in [0.25, 0.3) is 0 Å². The molecule has 3 heteroatoms. The first kappa shape index (κ1) is 10.8. The highest BCUT2D eigenvalue weighted by atomic mass is 35.5. The number of hydrogen-bond donors (Lipinski definition) is 1. The standard InChI is InChI=1S/C13H13ClN2/c1-16(11-5-3-2-4-6-11)13-8-7-10(14)9-12(13)15/h2-9H,15H2,1H3. The largest absolute Gasteiger partial charge is 0.397 e. The van der Waals surface area contributed by atoms with E-state index in [1.807, 2.05) is 54.4 Å². The van der Waals surface area contributed by atoms with E-state index in [1.54, 1.807) is 6.07 Å². The lowest BCUT2D eigenvalue weighted by molar-refractivity contribution is 1.21. The quantitative estimate of drug-likeness (QED) is 0.801. The van der Waals surface area contributed by atoms with Crippen molar-refractivity contribution in [2.75, 3.05) is 17.7 Å². The van der Waals surface area contributed by atoms with Gasteiger partial charge in [-0.2, -0.15) is 0 Å². The lowest BCUT2D eigenvalue weighted by Gasteiger charge is -2.21. The predicted octanol–water partition coefficient (Wildman–Crippen LogP) is 3.69. The van der Waals surface area contributed by atoms with Crippen LogP contribution in [0.4, 0.5) is 17.1 Å². The molecule has 0 amide bonds. The van der Waals surface area contributed by atoms with Crippen LogP contribution in [-0.2, 0) is 0 Å². The highest BCUT2D eigenvalue weighted by Gasteiger charge is 2.06. The van der Waals surface area contributed by atoms with E-state index in [1.165, 1.54) is 0 Å². The maximum atomic E-state index is 5.93. The van der Waals surface area contributed by atoms with Gasteiger partial charge in [-0.3, -0.25) is 0 Å². The summed E-state index contributed by atoms with van der Waals surface area (Å²) in [4.78, 5) is 2.03. The highest BCUT2D eigenvalue weighted by Crippen LogP contribution is 2.30. The smallest absolute Gasteiger partial charge is 0.0642 e. The number of rotatable bonds is 2. The predicted molar refractivity (Wildman–Crippen MR) is 70.4 cm³/mol. The van der Waals surface area contributed by atoms with Crippen molar-refractivity contribution < 1.29 is 0 Å². The Hall–Kier alpha value is -1.67. The van der Waals surface area contributed by atoms with Gasteiger partial charge in [-0.25, -0.2) is 0 Å². The van der Waals surface area contributed by atoms with E-state index in [0.29, 0.717) is 10.7 Å². The summed E-state index contributed by atoms with van der Waals surface area (Å²) < 4.78 is 0. The van der Waals surface area contributed by atoms with Gasteiger partial charge in [-0.1, -0.05) is 29.8 Å². The molecule has 0 fully saturated rings. The van der Waals surface area contributed by atoms with Gasteiger partial charge in [0.15, 0.2) is 0 Å². The van der Waals surface area contributed by atoms with E-state index in [9.17, 15) is 0 Å². The second-order valence-electron chi connectivity index (χ2n) is 3.60. The van der Waals surface area contributed by atoms with Crippen LogP contribution in [-0.4, -0.2) is 7.05 Å². The summed E-state index contributed by atoms with van der Waals surface area (Å²) in [7, 11) is 1.98.